The summed E-state index contributed by atoms with van der Waals surface area (Å²) in [6.45, 7) is 1.70. The number of hydrogen-bond donors (Lipinski definition) is 2. The second-order valence-corrected chi connectivity index (χ2v) is 6.82. The van der Waals surface area contributed by atoms with Gasteiger partial charge in [-0.3, -0.25) is 9.59 Å². The third-order valence-corrected chi connectivity index (χ3v) is 4.42. The van der Waals surface area contributed by atoms with E-state index in [0.29, 0.717) is 11.4 Å². The number of ether oxygens (including phenoxy) is 1. The number of benzene rings is 2. The van der Waals surface area contributed by atoms with Crippen LogP contribution in [0.15, 0.2) is 60.0 Å². The van der Waals surface area contributed by atoms with Gasteiger partial charge in [0.15, 0.2) is 6.61 Å². The van der Waals surface area contributed by atoms with Crippen LogP contribution in [-0.2, 0) is 9.59 Å². The first kappa shape index (κ1) is 18.6. The predicted octanol–water partition coefficient (Wildman–Crippen LogP) is 3.25. The van der Waals surface area contributed by atoms with Crippen LogP contribution in [0, 0.1) is 6.92 Å². The maximum atomic E-state index is 12.0. The van der Waals surface area contributed by atoms with Crippen molar-refractivity contribution in [3.05, 3.63) is 65.0 Å². The predicted molar refractivity (Wildman–Crippen MR) is 106 cm³/mol. The molecule has 0 aliphatic rings. The summed E-state index contributed by atoms with van der Waals surface area (Å²) >= 11 is 1.59. The summed E-state index contributed by atoms with van der Waals surface area (Å²) in [5, 5.41) is 8.28. The summed E-state index contributed by atoms with van der Waals surface area (Å²) in [4.78, 5) is 28.2. The standard InChI is InChI=1S/C20H19N3O3S/c1-14-22-18(13-27-14)15-7-9-16(10-8-15)23-19(24)11-21-20(25)12-26-17-5-3-2-4-6-17/h2-10,13H,11-12H2,1H3,(H,21,25)(H,23,24). The molecule has 3 aromatic rings. The van der Waals surface area contributed by atoms with Crippen LogP contribution in [0.2, 0.25) is 0 Å². The lowest BCUT2D eigenvalue weighted by molar-refractivity contribution is -0.125. The molecule has 0 aliphatic carbocycles. The normalized spacial score (nSPS) is 10.3. The highest BCUT2D eigenvalue weighted by atomic mass is 32.1. The average Bonchev–Trinajstić information content (AvgIpc) is 3.12. The number of carbonyl (C=O) groups excluding carboxylic acids is 2. The monoisotopic (exact) mass is 381 g/mol. The molecule has 2 aromatic carbocycles. The van der Waals surface area contributed by atoms with Crippen LogP contribution >= 0.6 is 11.3 Å². The van der Waals surface area contributed by atoms with Crippen molar-refractivity contribution in [1.29, 1.82) is 0 Å². The van der Waals surface area contributed by atoms with Crippen LogP contribution in [0.5, 0.6) is 5.75 Å². The maximum absolute atomic E-state index is 12.0. The number of para-hydroxylation sites is 1. The Bertz CT molecular complexity index is 908. The number of anilines is 1. The molecule has 2 amide bonds. The lowest BCUT2D eigenvalue weighted by atomic mass is 10.1. The minimum Gasteiger partial charge on any atom is -0.484 e. The third kappa shape index (κ3) is 5.65. The Balaban J connectivity index is 1.43. The van der Waals surface area contributed by atoms with E-state index in [1.54, 1.807) is 23.5 Å². The lowest BCUT2D eigenvalue weighted by Gasteiger charge is -2.08. The molecule has 0 bridgehead atoms. The van der Waals surface area contributed by atoms with E-state index in [1.807, 2.05) is 54.8 Å². The van der Waals surface area contributed by atoms with Crippen molar-refractivity contribution in [2.24, 2.45) is 0 Å². The number of nitrogens with zero attached hydrogens (tertiary/aromatic N) is 1. The molecule has 0 radical (unpaired) electrons. The molecule has 2 N–H and O–H groups in total. The Kier molecular flexibility index (Phi) is 6.17. The summed E-state index contributed by atoms with van der Waals surface area (Å²) in [6.07, 6.45) is 0. The van der Waals surface area contributed by atoms with Crippen LogP contribution in [-0.4, -0.2) is 29.9 Å². The number of thiazole rings is 1. The van der Waals surface area contributed by atoms with E-state index in [2.05, 4.69) is 15.6 Å². The Morgan fingerprint density at radius 3 is 2.44 bits per heavy atom. The van der Waals surface area contributed by atoms with Crippen molar-refractivity contribution in [3.8, 4) is 17.0 Å². The first-order chi connectivity index (χ1) is 13.1. The molecule has 1 heterocycles. The van der Waals surface area contributed by atoms with Gasteiger partial charge in [-0.15, -0.1) is 11.3 Å². The smallest absolute Gasteiger partial charge is 0.258 e. The van der Waals surface area contributed by atoms with Gasteiger partial charge in [0.25, 0.3) is 5.91 Å². The van der Waals surface area contributed by atoms with Gasteiger partial charge in [-0.2, -0.15) is 0 Å². The number of aromatic nitrogens is 1. The third-order valence-electron chi connectivity index (χ3n) is 3.64. The molecule has 1 aromatic heterocycles. The molecular weight excluding hydrogens is 362 g/mol. The first-order valence-corrected chi connectivity index (χ1v) is 9.25. The van der Waals surface area contributed by atoms with Crippen LogP contribution < -0.4 is 15.4 Å². The quantitative estimate of drug-likeness (QED) is 0.658. The van der Waals surface area contributed by atoms with Gasteiger partial charge in [0, 0.05) is 16.6 Å². The van der Waals surface area contributed by atoms with Gasteiger partial charge < -0.3 is 15.4 Å². The second kappa shape index (κ2) is 8.95. The number of carbonyl (C=O) groups is 2. The largest absolute Gasteiger partial charge is 0.484 e. The van der Waals surface area contributed by atoms with E-state index >= 15 is 0 Å². The molecule has 6 nitrogen and oxygen atoms in total. The maximum Gasteiger partial charge on any atom is 0.258 e. The van der Waals surface area contributed by atoms with Gasteiger partial charge in [0.1, 0.15) is 5.75 Å². The molecule has 0 saturated heterocycles. The van der Waals surface area contributed by atoms with Crippen molar-refractivity contribution in [3.63, 3.8) is 0 Å². The zero-order valence-corrected chi connectivity index (χ0v) is 15.6. The lowest BCUT2D eigenvalue weighted by Crippen LogP contribution is -2.35. The summed E-state index contributed by atoms with van der Waals surface area (Å²) in [5.74, 6) is -0.0592. The SMILES string of the molecule is Cc1nc(-c2ccc(NC(=O)CNC(=O)COc3ccccc3)cc2)cs1. The molecule has 0 aliphatic heterocycles. The van der Waals surface area contributed by atoms with Crippen molar-refractivity contribution in [2.75, 3.05) is 18.5 Å². The van der Waals surface area contributed by atoms with E-state index in [4.69, 9.17) is 4.74 Å². The van der Waals surface area contributed by atoms with Gasteiger partial charge in [0.2, 0.25) is 5.91 Å². The molecule has 27 heavy (non-hydrogen) atoms. The van der Waals surface area contributed by atoms with Gasteiger partial charge in [-0.05, 0) is 31.2 Å². The van der Waals surface area contributed by atoms with Crippen LogP contribution in [0.3, 0.4) is 0 Å². The first-order valence-electron chi connectivity index (χ1n) is 8.37. The molecule has 3 rings (SSSR count). The number of aryl methyl sites for hydroxylation is 1. The Labute approximate surface area is 161 Å². The van der Waals surface area contributed by atoms with E-state index in [1.165, 1.54) is 0 Å². The van der Waals surface area contributed by atoms with Gasteiger partial charge in [-0.1, -0.05) is 30.3 Å². The van der Waals surface area contributed by atoms with E-state index in [0.717, 1.165) is 16.3 Å². The summed E-state index contributed by atoms with van der Waals surface area (Å²) in [6, 6.07) is 16.4. The molecule has 0 saturated carbocycles. The summed E-state index contributed by atoms with van der Waals surface area (Å²) < 4.78 is 5.33. The van der Waals surface area contributed by atoms with Crippen molar-refractivity contribution in [1.82, 2.24) is 10.3 Å². The second-order valence-electron chi connectivity index (χ2n) is 5.76. The molecule has 7 heteroatoms. The molecule has 0 fully saturated rings. The molecule has 0 spiro atoms. The zero-order chi connectivity index (χ0) is 19.1. The number of rotatable bonds is 7. The highest BCUT2D eigenvalue weighted by Crippen LogP contribution is 2.23. The van der Waals surface area contributed by atoms with E-state index < -0.39 is 0 Å². The topological polar surface area (TPSA) is 80.3 Å². The molecule has 0 atom stereocenters. The fourth-order valence-electron chi connectivity index (χ4n) is 2.32. The van der Waals surface area contributed by atoms with E-state index in [9.17, 15) is 9.59 Å². The van der Waals surface area contributed by atoms with E-state index in [-0.39, 0.29) is 25.0 Å². The Morgan fingerprint density at radius 2 is 1.78 bits per heavy atom. The number of nitrogens with one attached hydrogen (secondary N) is 2. The van der Waals surface area contributed by atoms with Crippen LogP contribution in [0.1, 0.15) is 5.01 Å². The summed E-state index contributed by atoms with van der Waals surface area (Å²) in [7, 11) is 0. The Morgan fingerprint density at radius 1 is 1.04 bits per heavy atom. The Hall–Kier alpha value is -3.19. The van der Waals surface area contributed by atoms with Crippen LogP contribution in [0.25, 0.3) is 11.3 Å². The van der Waals surface area contributed by atoms with Crippen molar-refractivity contribution >= 4 is 28.8 Å². The highest BCUT2D eigenvalue weighted by Gasteiger charge is 2.08. The minimum absolute atomic E-state index is 0.121. The zero-order valence-electron chi connectivity index (χ0n) is 14.8. The fourth-order valence-corrected chi connectivity index (χ4v) is 2.94. The van der Waals surface area contributed by atoms with Gasteiger partial charge in [-0.25, -0.2) is 4.98 Å². The molecule has 0 unspecified atom stereocenters. The molecule has 138 valence electrons. The highest BCUT2D eigenvalue weighted by molar-refractivity contribution is 7.09. The van der Waals surface area contributed by atoms with Crippen molar-refractivity contribution in [2.45, 2.75) is 6.92 Å². The van der Waals surface area contributed by atoms with Gasteiger partial charge in [0.05, 0.1) is 17.2 Å². The fraction of sp³-hybridized carbons (Fsp3) is 0.150. The molecular formula is C20H19N3O3S. The minimum atomic E-state index is -0.358. The van der Waals surface area contributed by atoms with Crippen molar-refractivity contribution < 1.29 is 14.3 Å². The average molecular weight is 381 g/mol. The van der Waals surface area contributed by atoms with Crippen LogP contribution in [0.4, 0.5) is 5.69 Å². The van der Waals surface area contributed by atoms with Gasteiger partial charge >= 0.3 is 0 Å². The number of hydrogen-bond acceptors (Lipinski definition) is 5. The summed E-state index contributed by atoms with van der Waals surface area (Å²) in [5.41, 5.74) is 2.57. The number of amides is 2.